The summed E-state index contributed by atoms with van der Waals surface area (Å²) in [5, 5.41) is 9.51. The molecule has 0 fully saturated rings. The van der Waals surface area contributed by atoms with Gasteiger partial charge in [-0.2, -0.15) is 0 Å². The zero-order valence-corrected chi connectivity index (χ0v) is 16.3. The summed E-state index contributed by atoms with van der Waals surface area (Å²) in [5.74, 6) is -0.0472. The molecule has 3 rings (SSSR count). The second kappa shape index (κ2) is 10.6. The Bertz CT molecular complexity index is 790. The van der Waals surface area contributed by atoms with Crippen LogP contribution in [0.15, 0.2) is 48.5 Å². The number of carbonyl (C=O) groups excluding carboxylic acids is 2. The quantitative estimate of drug-likeness (QED) is 0.487. The van der Waals surface area contributed by atoms with Crippen molar-refractivity contribution in [2.24, 2.45) is 0 Å². The highest BCUT2D eigenvalue weighted by atomic mass is 16.2. The van der Waals surface area contributed by atoms with Crippen LogP contribution < -0.4 is 16.0 Å². The summed E-state index contributed by atoms with van der Waals surface area (Å²) in [4.78, 5) is 24.5. The molecule has 0 aromatic heterocycles. The number of hydrogen-bond donors (Lipinski definition) is 3. The number of ketones is 1. The molecule has 1 heterocycles. The fourth-order valence-corrected chi connectivity index (χ4v) is 3.45. The predicted molar refractivity (Wildman–Crippen MR) is 113 cm³/mol. The lowest BCUT2D eigenvalue weighted by molar-refractivity contribution is -0.120. The standard InChI is InChI=1S/C23H29N3O2/c27-22(20-9-8-18-5-4-13-24-14-12-19(18)17-20)10-11-23(28)26-16-15-25-21-6-2-1-3-7-21/h1-3,6-9,17,24-25H,4-5,10-16H2,(H,26,28). The molecular formula is C23H29N3O2. The van der Waals surface area contributed by atoms with Crippen LogP contribution in [0.4, 0.5) is 5.69 Å². The van der Waals surface area contributed by atoms with Crippen molar-refractivity contribution in [1.29, 1.82) is 0 Å². The van der Waals surface area contributed by atoms with E-state index in [0.29, 0.717) is 13.1 Å². The van der Waals surface area contributed by atoms with Crippen molar-refractivity contribution in [1.82, 2.24) is 10.6 Å². The van der Waals surface area contributed by atoms with Gasteiger partial charge in [0.25, 0.3) is 0 Å². The van der Waals surface area contributed by atoms with Gasteiger partial charge in [-0.15, -0.1) is 0 Å². The third-order valence-corrected chi connectivity index (χ3v) is 5.03. The van der Waals surface area contributed by atoms with E-state index >= 15 is 0 Å². The number of hydrogen-bond acceptors (Lipinski definition) is 4. The van der Waals surface area contributed by atoms with Gasteiger partial charge in [0.15, 0.2) is 5.78 Å². The van der Waals surface area contributed by atoms with E-state index in [1.165, 1.54) is 11.1 Å². The summed E-state index contributed by atoms with van der Waals surface area (Å²) in [5.41, 5.74) is 4.36. The second-order valence-electron chi connectivity index (χ2n) is 7.15. The first kappa shape index (κ1) is 20.1. The molecule has 0 saturated heterocycles. The molecule has 0 unspecified atom stereocenters. The lowest BCUT2D eigenvalue weighted by Crippen LogP contribution is -2.29. The second-order valence-corrected chi connectivity index (χ2v) is 7.15. The smallest absolute Gasteiger partial charge is 0.220 e. The number of anilines is 1. The molecule has 2 aromatic rings. The van der Waals surface area contributed by atoms with E-state index in [0.717, 1.165) is 43.6 Å². The number of rotatable bonds is 8. The van der Waals surface area contributed by atoms with Crippen LogP contribution in [0.5, 0.6) is 0 Å². The number of benzene rings is 2. The Balaban J connectivity index is 1.40. The molecule has 148 valence electrons. The van der Waals surface area contributed by atoms with Crippen molar-refractivity contribution in [3.8, 4) is 0 Å². The molecule has 2 aromatic carbocycles. The molecule has 5 nitrogen and oxygen atoms in total. The van der Waals surface area contributed by atoms with Gasteiger partial charge < -0.3 is 16.0 Å². The van der Waals surface area contributed by atoms with Crippen molar-refractivity contribution >= 4 is 17.4 Å². The van der Waals surface area contributed by atoms with Crippen molar-refractivity contribution in [3.05, 3.63) is 65.2 Å². The number of carbonyl (C=O) groups is 2. The van der Waals surface area contributed by atoms with Gasteiger partial charge in [0.05, 0.1) is 0 Å². The van der Waals surface area contributed by atoms with Crippen LogP contribution >= 0.6 is 0 Å². The topological polar surface area (TPSA) is 70.2 Å². The minimum Gasteiger partial charge on any atom is -0.383 e. The molecule has 28 heavy (non-hydrogen) atoms. The van der Waals surface area contributed by atoms with Gasteiger partial charge in [0.2, 0.25) is 5.91 Å². The third kappa shape index (κ3) is 6.20. The van der Waals surface area contributed by atoms with Crippen LogP contribution in [0.25, 0.3) is 0 Å². The summed E-state index contributed by atoms with van der Waals surface area (Å²) < 4.78 is 0. The number of fused-ring (bicyclic) bond motifs is 1. The van der Waals surface area contributed by atoms with Crippen LogP contribution in [0, 0.1) is 0 Å². The van der Waals surface area contributed by atoms with Gasteiger partial charge in [-0.25, -0.2) is 0 Å². The normalized spacial score (nSPS) is 13.7. The SMILES string of the molecule is O=C(CCC(=O)c1ccc2c(c1)CCNCCC2)NCCNc1ccccc1. The first-order valence-corrected chi connectivity index (χ1v) is 10.1. The summed E-state index contributed by atoms with van der Waals surface area (Å²) in [6.07, 6.45) is 3.60. The number of nitrogens with one attached hydrogen (secondary N) is 3. The molecule has 1 aliphatic heterocycles. The molecule has 3 N–H and O–H groups in total. The minimum absolute atomic E-state index is 0.0374. The highest BCUT2D eigenvalue weighted by Gasteiger charge is 2.13. The molecule has 5 heteroatoms. The maximum Gasteiger partial charge on any atom is 0.220 e. The number of amides is 1. The lowest BCUT2D eigenvalue weighted by atomic mass is 9.94. The Hall–Kier alpha value is -2.66. The van der Waals surface area contributed by atoms with Crippen LogP contribution in [0.3, 0.4) is 0 Å². The molecule has 0 saturated carbocycles. The molecular weight excluding hydrogens is 350 g/mol. The first-order chi connectivity index (χ1) is 13.7. The highest BCUT2D eigenvalue weighted by molar-refractivity contribution is 5.98. The lowest BCUT2D eigenvalue weighted by Gasteiger charge is -2.15. The molecule has 0 aliphatic carbocycles. The van der Waals surface area contributed by atoms with E-state index in [1.807, 2.05) is 42.5 Å². The fourth-order valence-electron chi connectivity index (χ4n) is 3.45. The third-order valence-electron chi connectivity index (χ3n) is 5.03. The first-order valence-electron chi connectivity index (χ1n) is 10.1. The predicted octanol–water partition coefficient (Wildman–Crippen LogP) is 2.96. The van der Waals surface area contributed by atoms with Gasteiger partial charge in [-0.3, -0.25) is 9.59 Å². The Morgan fingerprint density at radius 2 is 1.75 bits per heavy atom. The molecule has 0 bridgehead atoms. The zero-order valence-electron chi connectivity index (χ0n) is 16.3. The zero-order chi connectivity index (χ0) is 19.6. The van der Waals surface area contributed by atoms with Crippen molar-refractivity contribution in [2.75, 3.05) is 31.5 Å². The van der Waals surface area contributed by atoms with E-state index in [2.05, 4.69) is 22.0 Å². The van der Waals surface area contributed by atoms with Gasteiger partial charge >= 0.3 is 0 Å². The maximum atomic E-state index is 12.5. The average Bonchev–Trinajstić information content (AvgIpc) is 2.70. The van der Waals surface area contributed by atoms with Crippen molar-refractivity contribution in [2.45, 2.75) is 32.1 Å². The average molecular weight is 380 g/mol. The minimum atomic E-state index is -0.0846. The van der Waals surface area contributed by atoms with Gasteiger partial charge in [0, 0.05) is 37.2 Å². The van der Waals surface area contributed by atoms with Gasteiger partial charge in [0.1, 0.15) is 0 Å². The van der Waals surface area contributed by atoms with Crippen LogP contribution in [-0.4, -0.2) is 37.9 Å². The maximum absolute atomic E-state index is 12.5. The Kier molecular flexibility index (Phi) is 7.62. The molecule has 0 atom stereocenters. The van der Waals surface area contributed by atoms with E-state index in [-0.39, 0.29) is 24.5 Å². The summed E-state index contributed by atoms with van der Waals surface area (Å²) in [6, 6.07) is 15.9. The van der Waals surface area contributed by atoms with E-state index in [4.69, 9.17) is 0 Å². The highest BCUT2D eigenvalue weighted by Crippen LogP contribution is 2.17. The van der Waals surface area contributed by atoms with Crippen molar-refractivity contribution in [3.63, 3.8) is 0 Å². The van der Waals surface area contributed by atoms with Crippen molar-refractivity contribution < 1.29 is 9.59 Å². The fraction of sp³-hybridized carbons (Fsp3) is 0.391. The molecule has 0 radical (unpaired) electrons. The van der Waals surface area contributed by atoms with Gasteiger partial charge in [-0.1, -0.05) is 30.3 Å². The van der Waals surface area contributed by atoms with E-state index in [9.17, 15) is 9.59 Å². The Morgan fingerprint density at radius 1 is 0.893 bits per heavy atom. The van der Waals surface area contributed by atoms with Crippen LogP contribution in [0.1, 0.15) is 40.7 Å². The number of para-hydroxylation sites is 1. The molecule has 1 aliphatic rings. The summed E-state index contributed by atoms with van der Waals surface area (Å²) in [7, 11) is 0. The largest absolute Gasteiger partial charge is 0.383 e. The summed E-state index contributed by atoms with van der Waals surface area (Å²) in [6.45, 7) is 3.19. The van der Waals surface area contributed by atoms with E-state index < -0.39 is 0 Å². The number of aryl methyl sites for hydroxylation is 1. The molecule has 1 amide bonds. The Labute approximate surface area is 166 Å². The summed E-state index contributed by atoms with van der Waals surface area (Å²) >= 11 is 0. The van der Waals surface area contributed by atoms with Crippen LogP contribution in [0.2, 0.25) is 0 Å². The van der Waals surface area contributed by atoms with E-state index in [1.54, 1.807) is 0 Å². The van der Waals surface area contributed by atoms with Gasteiger partial charge in [-0.05, 0) is 61.7 Å². The monoisotopic (exact) mass is 379 g/mol. The Morgan fingerprint density at radius 3 is 2.61 bits per heavy atom. The molecule has 0 spiro atoms. The van der Waals surface area contributed by atoms with Crippen LogP contribution in [-0.2, 0) is 17.6 Å². The number of Topliss-reactive ketones (excluding diaryl/α,β-unsaturated/α-hetero) is 1.